The molecular weight excluding hydrogens is 565 g/mol. The van der Waals surface area contributed by atoms with E-state index in [1.807, 2.05) is 4.90 Å². The number of carbonyl (C=O) groups excluding carboxylic acids is 2. The third-order valence-corrected chi connectivity index (χ3v) is 6.99. The molecule has 1 aromatic rings. The molecule has 2 aliphatic heterocycles. The molecule has 16 heteroatoms. The van der Waals surface area contributed by atoms with E-state index in [2.05, 4.69) is 10.1 Å². The van der Waals surface area contributed by atoms with Crippen molar-refractivity contribution in [1.29, 1.82) is 0 Å². The second-order valence-electron chi connectivity index (χ2n) is 9.65. The normalized spacial score (nSPS) is 18.3. The largest absolute Gasteiger partial charge is 0.483 e. The van der Waals surface area contributed by atoms with E-state index in [1.165, 1.54) is 6.07 Å². The summed E-state index contributed by atoms with van der Waals surface area (Å²) in [5.74, 6) is -0.671. The van der Waals surface area contributed by atoms with Crippen LogP contribution in [0.25, 0.3) is 0 Å². The smallest absolute Gasteiger partial charge is 0.434 e. The molecule has 2 fully saturated rings. The number of hydrogen-bond donors (Lipinski definition) is 1. The minimum absolute atomic E-state index is 0.109. The van der Waals surface area contributed by atoms with E-state index >= 15 is 0 Å². The van der Waals surface area contributed by atoms with Crippen LogP contribution < -0.4 is 10.1 Å². The highest BCUT2D eigenvalue weighted by Crippen LogP contribution is 2.42. The fourth-order valence-electron chi connectivity index (χ4n) is 5.00. The number of likely N-dealkylation sites (tertiary alicyclic amines) is 2. The van der Waals surface area contributed by atoms with Crippen LogP contribution in [0.2, 0.25) is 0 Å². The van der Waals surface area contributed by atoms with Gasteiger partial charge in [-0.3, -0.25) is 9.69 Å². The van der Waals surface area contributed by atoms with Crippen molar-refractivity contribution in [3.63, 3.8) is 0 Å². The molecule has 0 unspecified atom stereocenters. The summed E-state index contributed by atoms with van der Waals surface area (Å²) in [6, 6.07) is 2.92. The van der Waals surface area contributed by atoms with E-state index in [0.29, 0.717) is 31.5 Å². The Bertz CT molecular complexity index is 1040. The number of nitrogens with zero attached hydrogens (tertiary/aromatic N) is 2. The molecule has 0 bridgehead atoms. The second-order valence-corrected chi connectivity index (χ2v) is 9.65. The third-order valence-electron chi connectivity index (χ3n) is 6.99. The lowest BCUT2D eigenvalue weighted by Gasteiger charge is -2.45. The predicted molar refractivity (Wildman–Crippen MR) is 121 cm³/mol. The number of amides is 2. The van der Waals surface area contributed by atoms with Gasteiger partial charge in [-0.25, -0.2) is 4.79 Å². The topological polar surface area (TPSA) is 71.1 Å². The van der Waals surface area contributed by atoms with Crippen molar-refractivity contribution in [2.75, 3.05) is 32.8 Å². The van der Waals surface area contributed by atoms with Crippen LogP contribution in [0.4, 0.5) is 44.3 Å². The van der Waals surface area contributed by atoms with E-state index in [9.17, 15) is 49.1 Å². The molecule has 3 rings (SSSR count). The van der Waals surface area contributed by atoms with Gasteiger partial charge in [0.15, 0.2) is 6.61 Å². The molecule has 0 aromatic heterocycles. The Balaban J connectivity index is 1.72. The quantitative estimate of drug-likeness (QED) is 0.436. The van der Waals surface area contributed by atoms with Crippen LogP contribution in [0.1, 0.15) is 43.7 Å². The monoisotopic (exact) mass is 593 g/mol. The van der Waals surface area contributed by atoms with Crippen LogP contribution in [0.3, 0.4) is 0 Å². The Morgan fingerprint density at radius 2 is 1.60 bits per heavy atom. The Labute approximate surface area is 223 Å². The third kappa shape index (κ3) is 7.63. The maximum absolute atomic E-state index is 13.3. The molecule has 0 radical (unpaired) electrons. The highest BCUT2D eigenvalue weighted by Gasteiger charge is 2.60. The van der Waals surface area contributed by atoms with E-state index in [0.717, 1.165) is 17.0 Å². The summed E-state index contributed by atoms with van der Waals surface area (Å²) in [6.07, 6.45) is -20.6. The minimum Gasteiger partial charge on any atom is -0.483 e. The van der Waals surface area contributed by atoms with Crippen LogP contribution in [0.15, 0.2) is 18.2 Å². The summed E-state index contributed by atoms with van der Waals surface area (Å²) in [5, 5.41) is 2.48. The number of benzene rings is 1. The molecule has 226 valence electrons. The number of piperidine rings is 1. The highest BCUT2D eigenvalue weighted by atomic mass is 19.4. The minimum atomic E-state index is -5.83. The lowest BCUT2D eigenvalue weighted by atomic mass is 9.85. The zero-order chi connectivity index (χ0) is 29.9. The molecule has 2 saturated heterocycles. The second kappa shape index (κ2) is 11.9. The molecule has 7 nitrogen and oxygen atoms in total. The average molecular weight is 593 g/mol. The first-order valence-corrected chi connectivity index (χ1v) is 12.4. The van der Waals surface area contributed by atoms with E-state index in [4.69, 9.17) is 4.74 Å². The Morgan fingerprint density at radius 1 is 0.975 bits per heavy atom. The van der Waals surface area contributed by atoms with E-state index < -0.39 is 54.3 Å². The van der Waals surface area contributed by atoms with Gasteiger partial charge in [0.05, 0.1) is 5.56 Å². The van der Waals surface area contributed by atoms with Crippen molar-refractivity contribution >= 4 is 12.0 Å². The first kappa shape index (κ1) is 31.6. The number of alkyl halides is 9. The van der Waals surface area contributed by atoms with Crippen molar-refractivity contribution in [3.8, 4) is 5.75 Å². The summed E-state index contributed by atoms with van der Waals surface area (Å²) in [6.45, 7) is 1.71. The molecule has 1 N–H and O–H groups in total. The molecule has 1 spiro atoms. The van der Waals surface area contributed by atoms with Crippen LogP contribution >= 0.6 is 0 Å². The van der Waals surface area contributed by atoms with Gasteiger partial charge >= 0.3 is 24.6 Å². The van der Waals surface area contributed by atoms with Crippen molar-refractivity contribution < 1.29 is 58.6 Å². The van der Waals surface area contributed by atoms with Crippen molar-refractivity contribution in [1.82, 2.24) is 15.1 Å². The number of rotatable bonds is 7. The number of nitrogens with one attached hydrogen (secondary N) is 1. The first-order chi connectivity index (χ1) is 18.5. The lowest BCUT2D eigenvalue weighted by molar-refractivity contribution is -0.308. The number of carbonyl (C=O) groups is 2. The summed E-state index contributed by atoms with van der Waals surface area (Å²) >= 11 is 0. The zero-order valence-electron chi connectivity index (χ0n) is 21.3. The van der Waals surface area contributed by atoms with Crippen molar-refractivity contribution in [2.45, 2.75) is 69.3 Å². The molecule has 40 heavy (non-hydrogen) atoms. The lowest BCUT2D eigenvalue weighted by Crippen LogP contribution is -2.54. The number of hydrogen-bond acceptors (Lipinski definition) is 5. The number of halogens is 9. The van der Waals surface area contributed by atoms with Gasteiger partial charge < -0.3 is 19.7 Å². The van der Waals surface area contributed by atoms with Crippen molar-refractivity contribution in [2.24, 2.45) is 0 Å². The highest BCUT2D eigenvalue weighted by molar-refractivity contribution is 5.77. The Morgan fingerprint density at radius 3 is 2.15 bits per heavy atom. The fourth-order valence-corrected chi connectivity index (χ4v) is 5.00. The van der Waals surface area contributed by atoms with E-state index in [1.54, 1.807) is 6.92 Å². The fraction of sp³-hybridized carbons (Fsp3) is 0.667. The maximum atomic E-state index is 13.3. The standard InChI is InChI=1S/C24H28F9N3O4/c1-2-34-18(37)14-39-17-12-16(22(25,26)27)5-4-15(17)13-36-9-3-6-21(36)7-10-35(11-8-21)20(38)40-19(23(28,29)30)24(31,32)33/h4-5,12,19H,2-3,6-11,13-14H2,1H3,(H,34,37). The number of likely N-dealkylation sites (N-methyl/N-ethyl adjacent to an activating group) is 1. The molecule has 0 aliphatic carbocycles. The predicted octanol–water partition coefficient (Wildman–Crippen LogP) is 5.28. The molecule has 1 aromatic carbocycles. The van der Waals surface area contributed by atoms with Gasteiger partial charge in [-0.1, -0.05) is 6.07 Å². The van der Waals surface area contributed by atoms with E-state index in [-0.39, 0.29) is 38.2 Å². The summed E-state index contributed by atoms with van der Waals surface area (Å²) in [4.78, 5) is 26.7. The Hall–Kier alpha value is -2.91. The summed E-state index contributed by atoms with van der Waals surface area (Å²) in [7, 11) is 0. The van der Waals surface area contributed by atoms with Gasteiger partial charge in [0.25, 0.3) is 12.0 Å². The average Bonchev–Trinajstić information content (AvgIpc) is 3.21. The van der Waals surface area contributed by atoms with Gasteiger partial charge in [0.1, 0.15) is 5.75 Å². The maximum Gasteiger partial charge on any atom is 0.434 e. The molecule has 2 heterocycles. The molecule has 0 saturated carbocycles. The summed E-state index contributed by atoms with van der Waals surface area (Å²) in [5.41, 5.74) is -1.20. The SMILES string of the molecule is CCNC(=O)COc1cc(C(F)(F)F)ccc1CN1CCCC12CCN(C(=O)OC(C(F)(F)F)C(F)(F)F)CC2. The first-order valence-electron chi connectivity index (χ1n) is 12.4. The summed E-state index contributed by atoms with van der Waals surface area (Å²) < 4.78 is 126. The molecular formula is C24H28F9N3O4. The van der Waals surface area contributed by atoms with Crippen LogP contribution in [-0.2, 0) is 22.3 Å². The zero-order valence-corrected chi connectivity index (χ0v) is 21.3. The van der Waals surface area contributed by atoms with Gasteiger partial charge in [-0.2, -0.15) is 39.5 Å². The van der Waals surface area contributed by atoms with Crippen LogP contribution in [0.5, 0.6) is 5.75 Å². The molecule has 0 atom stereocenters. The van der Waals surface area contributed by atoms with Gasteiger partial charge in [0.2, 0.25) is 0 Å². The number of ether oxygens (including phenoxy) is 2. The Kier molecular flexibility index (Phi) is 9.41. The van der Waals surface area contributed by atoms with Crippen LogP contribution in [0, 0.1) is 0 Å². The van der Waals surface area contributed by atoms with Crippen molar-refractivity contribution in [3.05, 3.63) is 29.3 Å². The molecule has 2 amide bonds. The van der Waals surface area contributed by atoms with Crippen LogP contribution in [-0.4, -0.2) is 78.6 Å². The van der Waals surface area contributed by atoms with Gasteiger partial charge in [0, 0.05) is 37.3 Å². The molecule has 2 aliphatic rings. The van der Waals surface area contributed by atoms with Gasteiger partial charge in [-0.05, 0) is 51.3 Å². The van der Waals surface area contributed by atoms with Gasteiger partial charge in [-0.15, -0.1) is 0 Å².